The Kier molecular flexibility index (Phi) is 3.85. The molecule has 0 radical (unpaired) electrons. The number of hydrogen-bond acceptors (Lipinski definition) is 2. The molecular formula is C15H15BO2. The molecule has 3 heteroatoms. The van der Waals surface area contributed by atoms with Gasteiger partial charge >= 0.3 is 6.92 Å². The maximum atomic E-state index is 9.62. The molecule has 0 atom stereocenters. The number of benzene rings is 2. The van der Waals surface area contributed by atoms with Gasteiger partial charge in [-0.05, 0) is 17.1 Å². The first kappa shape index (κ1) is 12.5. The Bertz CT molecular complexity index is 545. The maximum Gasteiger partial charge on any atom is 0.320 e. The molecule has 0 aliphatic heterocycles. The molecule has 0 saturated heterocycles. The van der Waals surface area contributed by atoms with Crippen LogP contribution in [0, 0.1) is 0 Å². The van der Waals surface area contributed by atoms with Crippen molar-refractivity contribution in [3.05, 3.63) is 59.7 Å². The molecule has 2 N–H and O–H groups in total. The molecular weight excluding hydrogens is 223 g/mol. The normalized spacial score (nSPS) is 10.8. The molecule has 0 aliphatic rings. The van der Waals surface area contributed by atoms with Crippen LogP contribution in [0.25, 0.3) is 12.2 Å². The predicted octanol–water partition coefficient (Wildman–Crippen LogP) is 2.38. The fourth-order valence-electron chi connectivity index (χ4n) is 1.70. The molecule has 0 aliphatic carbocycles. The first-order chi connectivity index (χ1) is 8.66. The topological polar surface area (TPSA) is 40.5 Å². The van der Waals surface area contributed by atoms with E-state index in [9.17, 15) is 10.1 Å². The van der Waals surface area contributed by atoms with E-state index in [-0.39, 0.29) is 5.75 Å². The summed E-state index contributed by atoms with van der Waals surface area (Å²) in [4.78, 5) is 0. The van der Waals surface area contributed by atoms with Gasteiger partial charge < -0.3 is 10.1 Å². The van der Waals surface area contributed by atoms with Crippen molar-refractivity contribution in [3.8, 4) is 5.75 Å². The van der Waals surface area contributed by atoms with Gasteiger partial charge in [0.1, 0.15) is 5.75 Å². The molecule has 0 saturated carbocycles. The van der Waals surface area contributed by atoms with E-state index < -0.39 is 6.92 Å². The van der Waals surface area contributed by atoms with Crippen molar-refractivity contribution in [2.75, 3.05) is 0 Å². The highest BCUT2D eigenvalue weighted by molar-refractivity contribution is 6.64. The van der Waals surface area contributed by atoms with Crippen LogP contribution >= 0.6 is 0 Å². The first-order valence-electron chi connectivity index (χ1n) is 5.91. The average Bonchev–Trinajstić information content (AvgIpc) is 2.38. The number of para-hydroxylation sites is 1. The quantitative estimate of drug-likeness (QED) is 0.636. The van der Waals surface area contributed by atoms with E-state index in [0.717, 1.165) is 16.6 Å². The Morgan fingerprint density at radius 2 is 1.61 bits per heavy atom. The van der Waals surface area contributed by atoms with Crippen LogP contribution in [0.5, 0.6) is 5.75 Å². The van der Waals surface area contributed by atoms with Crippen LogP contribution in [-0.4, -0.2) is 17.0 Å². The molecule has 18 heavy (non-hydrogen) atoms. The van der Waals surface area contributed by atoms with Gasteiger partial charge in [-0.15, -0.1) is 0 Å². The van der Waals surface area contributed by atoms with E-state index in [1.807, 2.05) is 48.6 Å². The Morgan fingerprint density at radius 1 is 0.944 bits per heavy atom. The van der Waals surface area contributed by atoms with E-state index in [1.54, 1.807) is 19.0 Å². The van der Waals surface area contributed by atoms with Crippen molar-refractivity contribution in [1.29, 1.82) is 0 Å². The summed E-state index contributed by atoms with van der Waals surface area (Å²) in [5.41, 5.74) is 2.72. The molecule has 0 unspecified atom stereocenters. The zero-order chi connectivity index (χ0) is 13.0. The van der Waals surface area contributed by atoms with Crippen molar-refractivity contribution in [1.82, 2.24) is 0 Å². The van der Waals surface area contributed by atoms with Crippen molar-refractivity contribution in [2.45, 2.75) is 6.82 Å². The number of hydrogen-bond donors (Lipinski definition) is 2. The van der Waals surface area contributed by atoms with Crippen LogP contribution in [-0.2, 0) is 0 Å². The van der Waals surface area contributed by atoms with E-state index >= 15 is 0 Å². The second-order valence-electron chi connectivity index (χ2n) is 4.23. The molecule has 2 aromatic carbocycles. The van der Waals surface area contributed by atoms with E-state index in [1.165, 1.54) is 0 Å². The van der Waals surface area contributed by atoms with Crippen LogP contribution < -0.4 is 5.46 Å². The summed E-state index contributed by atoms with van der Waals surface area (Å²) in [5.74, 6) is 0.273. The zero-order valence-corrected chi connectivity index (χ0v) is 10.2. The summed E-state index contributed by atoms with van der Waals surface area (Å²) in [5, 5.41) is 19.0. The second kappa shape index (κ2) is 5.56. The summed E-state index contributed by atoms with van der Waals surface area (Å²) < 4.78 is 0. The van der Waals surface area contributed by atoms with Crippen LogP contribution in [0.1, 0.15) is 11.1 Å². The molecule has 0 fully saturated rings. The lowest BCUT2D eigenvalue weighted by Crippen LogP contribution is -2.25. The summed E-state index contributed by atoms with van der Waals surface area (Å²) in [6.07, 6.45) is 3.80. The third-order valence-electron chi connectivity index (χ3n) is 2.81. The summed E-state index contributed by atoms with van der Waals surface area (Å²) in [7, 11) is 0. The summed E-state index contributed by atoms with van der Waals surface area (Å²) in [6, 6.07) is 14.9. The van der Waals surface area contributed by atoms with Gasteiger partial charge in [0, 0.05) is 5.56 Å². The molecule has 2 rings (SSSR count). The molecule has 0 bridgehead atoms. The minimum absolute atomic E-state index is 0.273. The molecule has 0 aromatic heterocycles. The lowest BCUT2D eigenvalue weighted by molar-refractivity contribution is 0.474. The van der Waals surface area contributed by atoms with Crippen molar-refractivity contribution in [3.63, 3.8) is 0 Å². The largest absolute Gasteiger partial charge is 0.507 e. The van der Waals surface area contributed by atoms with Gasteiger partial charge in [0.25, 0.3) is 0 Å². The van der Waals surface area contributed by atoms with E-state index in [0.29, 0.717) is 0 Å². The standard InChI is InChI=1S/C15H15BO2/c1-16(18)14-10-7-12(8-11-14)6-9-13-4-2-3-5-15(13)17/h2-11,17-18H,1H3/b9-6+. The lowest BCUT2D eigenvalue weighted by atomic mass is 9.64. The van der Waals surface area contributed by atoms with Gasteiger partial charge in [-0.1, -0.05) is 61.4 Å². The Labute approximate surface area is 107 Å². The smallest absolute Gasteiger partial charge is 0.320 e. The summed E-state index contributed by atoms with van der Waals surface area (Å²) >= 11 is 0. The van der Waals surface area contributed by atoms with E-state index in [4.69, 9.17) is 0 Å². The molecule has 0 heterocycles. The number of phenolic OH excluding ortho intramolecular Hbond substituents is 1. The van der Waals surface area contributed by atoms with Crippen LogP contribution in [0.15, 0.2) is 48.5 Å². The molecule has 0 spiro atoms. The molecule has 90 valence electrons. The van der Waals surface area contributed by atoms with Gasteiger partial charge in [-0.2, -0.15) is 0 Å². The lowest BCUT2D eigenvalue weighted by Gasteiger charge is -2.01. The minimum Gasteiger partial charge on any atom is -0.507 e. The van der Waals surface area contributed by atoms with Crippen LogP contribution in [0.2, 0.25) is 6.82 Å². The van der Waals surface area contributed by atoms with Gasteiger partial charge in [0.15, 0.2) is 0 Å². The average molecular weight is 238 g/mol. The minimum atomic E-state index is -0.443. The zero-order valence-electron chi connectivity index (χ0n) is 10.2. The Hall–Kier alpha value is -2.00. The van der Waals surface area contributed by atoms with Crippen molar-refractivity contribution >= 4 is 24.5 Å². The van der Waals surface area contributed by atoms with Gasteiger partial charge in [0.2, 0.25) is 0 Å². The van der Waals surface area contributed by atoms with Gasteiger partial charge in [0.05, 0.1) is 0 Å². The Morgan fingerprint density at radius 3 is 2.22 bits per heavy atom. The third-order valence-corrected chi connectivity index (χ3v) is 2.81. The first-order valence-corrected chi connectivity index (χ1v) is 5.91. The fourth-order valence-corrected chi connectivity index (χ4v) is 1.70. The van der Waals surface area contributed by atoms with E-state index in [2.05, 4.69) is 0 Å². The number of phenols is 1. The van der Waals surface area contributed by atoms with Crippen molar-refractivity contribution in [2.24, 2.45) is 0 Å². The second-order valence-corrected chi connectivity index (χ2v) is 4.23. The van der Waals surface area contributed by atoms with Crippen LogP contribution in [0.3, 0.4) is 0 Å². The van der Waals surface area contributed by atoms with Crippen molar-refractivity contribution < 1.29 is 10.1 Å². The third kappa shape index (κ3) is 3.02. The van der Waals surface area contributed by atoms with Gasteiger partial charge in [-0.3, -0.25) is 0 Å². The monoisotopic (exact) mass is 238 g/mol. The fraction of sp³-hybridized carbons (Fsp3) is 0.0667. The highest BCUT2D eigenvalue weighted by atomic mass is 16.3. The highest BCUT2D eigenvalue weighted by Crippen LogP contribution is 2.18. The maximum absolute atomic E-state index is 9.62. The Balaban J connectivity index is 2.17. The molecule has 2 nitrogen and oxygen atoms in total. The molecule has 0 amide bonds. The summed E-state index contributed by atoms with van der Waals surface area (Å²) in [6.45, 7) is 1.30. The van der Waals surface area contributed by atoms with Gasteiger partial charge in [-0.25, -0.2) is 0 Å². The SMILES string of the molecule is CB(O)c1ccc(/C=C/c2ccccc2O)cc1. The predicted molar refractivity (Wildman–Crippen MR) is 76.9 cm³/mol. The number of aromatic hydroxyl groups is 1. The van der Waals surface area contributed by atoms with Crippen LogP contribution in [0.4, 0.5) is 0 Å². The highest BCUT2D eigenvalue weighted by Gasteiger charge is 2.04. The number of rotatable bonds is 3. The molecule has 2 aromatic rings.